The van der Waals surface area contributed by atoms with Crippen molar-refractivity contribution in [1.82, 2.24) is 37.2 Å². The van der Waals surface area contributed by atoms with Crippen molar-refractivity contribution in [3.8, 4) is 0 Å². The molecule has 428 valence electrons. The Morgan fingerprint density at radius 2 is 0.890 bits per heavy atom. The summed E-state index contributed by atoms with van der Waals surface area (Å²) in [5.74, 6) is -4.85. The maximum atomic E-state index is 14.3. The van der Waals surface area contributed by atoms with Gasteiger partial charge in [0, 0.05) is 23.6 Å². The van der Waals surface area contributed by atoms with Gasteiger partial charge in [-0.3, -0.25) is 28.8 Å². The highest BCUT2D eigenvalue weighted by atomic mass is 32.2. The first kappa shape index (κ1) is 62.3. The Hall–Kier alpha value is -8.95. The zero-order chi connectivity index (χ0) is 58.4. The normalized spacial score (nSPS) is 11.9. The number of hydrogen-bond acceptors (Lipinski definition) is 14. The number of esters is 1. The van der Waals surface area contributed by atoms with Crippen LogP contribution in [0.1, 0.15) is 57.4 Å². The van der Waals surface area contributed by atoms with Crippen LogP contribution in [0.3, 0.4) is 0 Å². The van der Waals surface area contributed by atoms with E-state index in [0.29, 0.717) is 12.0 Å². The summed E-state index contributed by atoms with van der Waals surface area (Å²) >= 11 is 2.20. The molecule has 6 rings (SSSR count). The van der Waals surface area contributed by atoms with Gasteiger partial charge in [0.15, 0.2) is 0 Å². The molecular formula is C61H65N7O12S2. The molecule has 7 amide bonds. The zero-order valence-corrected chi connectivity index (χ0v) is 46.7. The van der Waals surface area contributed by atoms with Crippen molar-refractivity contribution in [3.63, 3.8) is 0 Å². The number of carbonyl (C=O) groups is 9. The zero-order valence-electron chi connectivity index (χ0n) is 45.0. The van der Waals surface area contributed by atoms with Crippen LogP contribution < -0.4 is 37.2 Å². The molecule has 6 aromatic carbocycles. The van der Waals surface area contributed by atoms with Gasteiger partial charge in [0.05, 0.1) is 31.5 Å². The van der Waals surface area contributed by atoms with Crippen LogP contribution in [0, 0.1) is 0 Å². The summed E-state index contributed by atoms with van der Waals surface area (Å²) in [4.78, 5) is 119. The van der Waals surface area contributed by atoms with Gasteiger partial charge < -0.3 is 51.4 Å². The van der Waals surface area contributed by atoms with E-state index < -0.39 is 90.2 Å². The van der Waals surface area contributed by atoms with E-state index in [1.807, 2.05) is 127 Å². The SMILES string of the molecule is COC(=O)C(CSC(=O)c1ccccc1)NC(=O)CNC(=O)CNC(=O)C(CCCCNC(=O)OCc1ccccc1)NC(=O)CNC(=O)C(CSC(c1ccccc1)(c1ccccc1)c1ccccc1)NC(=O)OCc1ccccc1. The van der Waals surface area contributed by atoms with E-state index in [2.05, 4.69) is 37.2 Å². The lowest BCUT2D eigenvalue weighted by Gasteiger charge is -2.36. The highest BCUT2D eigenvalue weighted by Gasteiger charge is 2.39. The summed E-state index contributed by atoms with van der Waals surface area (Å²) < 4.78 is 14.7. The van der Waals surface area contributed by atoms with Crippen molar-refractivity contribution in [2.24, 2.45) is 0 Å². The Balaban J connectivity index is 1.10. The smallest absolute Gasteiger partial charge is 0.408 e. The summed E-state index contributed by atoms with van der Waals surface area (Å²) in [6.07, 6.45) is -0.880. The molecule has 0 aliphatic heterocycles. The van der Waals surface area contributed by atoms with Gasteiger partial charge in [-0.25, -0.2) is 14.4 Å². The molecular weight excluding hydrogens is 1090 g/mol. The van der Waals surface area contributed by atoms with Crippen molar-refractivity contribution in [3.05, 3.63) is 215 Å². The van der Waals surface area contributed by atoms with Crippen molar-refractivity contribution in [2.45, 2.75) is 55.3 Å². The first-order chi connectivity index (χ1) is 39.8. The van der Waals surface area contributed by atoms with Gasteiger partial charge in [-0.15, -0.1) is 11.8 Å². The molecule has 21 heteroatoms. The monoisotopic (exact) mass is 1150 g/mol. The average Bonchev–Trinajstić information content (AvgIpc) is 2.72. The van der Waals surface area contributed by atoms with Crippen LogP contribution in [-0.2, 0) is 60.9 Å². The van der Waals surface area contributed by atoms with Gasteiger partial charge in [0.1, 0.15) is 31.3 Å². The Labute approximate surface area is 484 Å². The van der Waals surface area contributed by atoms with Crippen LogP contribution in [0.2, 0.25) is 0 Å². The number of rotatable bonds is 30. The Bertz CT molecular complexity index is 2930. The number of amides is 7. The Morgan fingerprint density at radius 1 is 0.451 bits per heavy atom. The highest BCUT2D eigenvalue weighted by Crippen LogP contribution is 2.48. The third kappa shape index (κ3) is 20.3. The molecule has 6 aromatic rings. The van der Waals surface area contributed by atoms with Crippen molar-refractivity contribution >= 4 is 76.3 Å². The minimum absolute atomic E-state index is 0.0180. The lowest BCUT2D eigenvalue weighted by atomic mass is 9.84. The molecule has 0 saturated heterocycles. The molecule has 0 radical (unpaired) electrons. The maximum absolute atomic E-state index is 14.3. The predicted octanol–water partition coefficient (Wildman–Crippen LogP) is 6.17. The Kier molecular flexibility index (Phi) is 25.5. The van der Waals surface area contributed by atoms with Gasteiger partial charge in [-0.05, 0) is 47.1 Å². The molecule has 82 heavy (non-hydrogen) atoms. The highest BCUT2D eigenvalue weighted by molar-refractivity contribution is 8.14. The van der Waals surface area contributed by atoms with E-state index in [9.17, 15) is 43.2 Å². The Morgan fingerprint density at radius 3 is 1.40 bits per heavy atom. The fraction of sp³-hybridized carbons (Fsp3) is 0.262. The van der Waals surface area contributed by atoms with Crippen LogP contribution >= 0.6 is 23.5 Å². The summed E-state index contributed by atoms with van der Waals surface area (Å²) in [5, 5.41) is 17.6. The van der Waals surface area contributed by atoms with Crippen molar-refractivity contribution < 1.29 is 57.4 Å². The molecule has 0 spiro atoms. The van der Waals surface area contributed by atoms with E-state index in [4.69, 9.17) is 14.2 Å². The lowest BCUT2D eigenvalue weighted by molar-refractivity contribution is -0.144. The number of nitrogens with one attached hydrogen (secondary N) is 7. The first-order valence-electron chi connectivity index (χ1n) is 26.3. The molecule has 3 atom stereocenters. The number of unbranched alkanes of at least 4 members (excludes halogenated alkanes) is 1. The van der Waals surface area contributed by atoms with E-state index in [1.54, 1.807) is 54.6 Å². The number of alkyl carbamates (subject to hydrolysis) is 2. The topological polar surface area (TPSA) is 266 Å². The third-order valence-corrected chi connectivity index (χ3v) is 15.0. The van der Waals surface area contributed by atoms with E-state index in [0.717, 1.165) is 46.7 Å². The number of hydrogen-bond donors (Lipinski definition) is 7. The van der Waals surface area contributed by atoms with E-state index in [1.165, 1.54) is 11.8 Å². The van der Waals surface area contributed by atoms with Gasteiger partial charge in [0.25, 0.3) is 0 Å². The summed E-state index contributed by atoms with van der Waals surface area (Å²) in [5.41, 5.74) is 4.63. The van der Waals surface area contributed by atoms with Gasteiger partial charge in [-0.2, -0.15) is 0 Å². The van der Waals surface area contributed by atoms with Crippen LogP contribution in [0.15, 0.2) is 182 Å². The molecule has 0 heterocycles. The number of benzene rings is 6. The number of carbonyl (C=O) groups excluding carboxylic acids is 9. The molecule has 0 aliphatic rings. The molecule has 3 unspecified atom stereocenters. The van der Waals surface area contributed by atoms with E-state index in [-0.39, 0.29) is 49.2 Å². The fourth-order valence-electron chi connectivity index (χ4n) is 8.21. The second-order valence-corrected chi connectivity index (χ2v) is 20.5. The van der Waals surface area contributed by atoms with Crippen LogP contribution in [0.25, 0.3) is 0 Å². The molecule has 0 aliphatic carbocycles. The van der Waals surface area contributed by atoms with Crippen molar-refractivity contribution in [1.29, 1.82) is 0 Å². The number of thioether (sulfide) groups is 2. The lowest BCUT2D eigenvalue weighted by Crippen LogP contribution is -2.54. The molecule has 0 aromatic heterocycles. The molecule has 0 saturated carbocycles. The van der Waals surface area contributed by atoms with Crippen LogP contribution in [0.4, 0.5) is 9.59 Å². The van der Waals surface area contributed by atoms with Gasteiger partial charge in [-0.1, -0.05) is 194 Å². The predicted molar refractivity (Wildman–Crippen MR) is 312 cm³/mol. The number of methoxy groups -OCH3 is 1. The fourth-order valence-corrected chi connectivity index (χ4v) is 10.6. The maximum Gasteiger partial charge on any atom is 0.408 e. The quantitative estimate of drug-likeness (QED) is 0.0115. The summed E-state index contributed by atoms with van der Waals surface area (Å²) in [6, 6.07) is 52.0. The second kappa shape index (κ2) is 33.6. The van der Waals surface area contributed by atoms with Gasteiger partial charge in [0.2, 0.25) is 34.7 Å². The molecule has 0 bridgehead atoms. The van der Waals surface area contributed by atoms with Gasteiger partial charge >= 0.3 is 18.2 Å². The van der Waals surface area contributed by atoms with Crippen LogP contribution in [-0.4, -0.2) is 116 Å². The minimum atomic E-state index is -1.27. The largest absolute Gasteiger partial charge is 0.467 e. The summed E-state index contributed by atoms with van der Waals surface area (Å²) in [6.45, 7) is -1.73. The standard InChI is InChI=1S/C61H65N7O12S2/c1-78-57(74)51(41-81-58(75)45-26-12-4-13-27-45)67-53(70)37-63-52(69)36-64-55(72)49(34-20-21-35-62-59(76)79-39-43-22-8-2-9-23-43)66-54(71)38-65-56(73)50(68-60(77)80-40-44-24-10-3-11-25-44)42-82-61(46-28-14-5-15-29-46,47-30-16-6-17-31-47)48-32-18-7-19-33-48/h2-19,22-33,49-51H,20-21,34-42H2,1H3,(H,62,76)(H,63,69)(H,64,72)(H,65,73)(H,66,71)(H,67,70)(H,68,77). The molecule has 0 fully saturated rings. The van der Waals surface area contributed by atoms with Crippen LogP contribution in [0.5, 0.6) is 0 Å². The second-order valence-electron chi connectivity index (χ2n) is 18.3. The summed E-state index contributed by atoms with van der Waals surface area (Å²) in [7, 11) is 1.13. The van der Waals surface area contributed by atoms with Crippen molar-refractivity contribution in [2.75, 3.05) is 44.8 Å². The third-order valence-electron chi connectivity index (χ3n) is 12.4. The van der Waals surface area contributed by atoms with E-state index >= 15 is 0 Å². The number of ether oxygens (including phenoxy) is 3. The molecule has 19 nitrogen and oxygen atoms in total. The average molecular weight is 1150 g/mol. The minimum Gasteiger partial charge on any atom is -0.467 e. The molecule has 7 N–H and O–H groups in total. The first-order valence-corrected chi connectivity index (χ1v) is 28.2.